The Bertz CT molecular complexity index is 751. The van der Waals surface area contributed by atoms with Gasteiger partial charge in [-0.15, -0.1) is 0 Å². The maximum absolute atomic E-state index is 5.62. The topological polar surface area (TPSA) is 57.4 Å². The molecule has 0 fully saturated rings. The largest absolute Gasteiger partial charge is 0.497 e. The van der Waals surface area contributed by atoms with Crippen molar-refractivity contribution in [1.82, 2.24) is 10.1 Å². The first-order valence-electron chi connectivity index (χ1n) is 6.91. The maximum atomic E-state index is 5.62. The molecule has 0 aliphatic heterocycles. The van der Waals surface area contributed by atoms with Gasteiger partial charge in [0.05, 0.1) is 7.11 Å². The van der Waals surface area contributed by atoms with Gasteiger partial charge in [-0.3, -0.25) is 0 Å². The van der Waals surface area contributed by atoms with Crippen molar-refractivity contribution in [1.29, 1.82) is 0 Å². The van der Waals surface area contributed by atoms with E-state index in [2.05, 4.69) is 10.1 Å². The summed E-state index contributed by atoms with van der Waals surface area (Å²) in [6, 6.07) is 15.3. The van der Waals surface area contributed by atoms with Gasteiger partial charge in [0.15, 0.2) is 6.61 Å². The predicted molar refractivity (Wildman–Crippen MR) is 81.8 cm³/mol. The molecule has 22 heavy (non-hydrogen) atoms. The molecule has 5 heteroatoms. The number of methoxy groups -OCH3 is 1. The third-order valence-electron chi connectivity index (χ3n) is 3.18. The van der Waals surface area contributed by atoms with E-state index in [-0.39, 0.29) is 6.61 Å². The lowest BCUT2D eigenvalue weighted by Crippen LogP contribution is -1.95. The Labute approximate surface area is 128 Å². The Morgan fingerprint density at radius 2 is 1.86 bits per heavy atom. The first kappa shape index (κ1) is 14.1. The summed E-state index contributed by atoms with van der Waals surface area (Å²) in [6.07, 6.45) is 0. The minimum atomic E-state index is 0.236. The molecule has 0 unspecified atom stereocenters. The second kappa shape index (κ2) is 6.30. The summed E-state index contributed by atoms with van der Waals surface area (Å²) in [7, 11) is 1.62. The van der Waals surface area contributed by atoms with Crippen molar-refractivity contribution in [3.63, 3.8) is 0 Å². The zero-order valence-electron chi connectivity index (χ0n) is 12.4. The third kappa shape index (κ3) is 3.25. The predicted octanol–water partition coefficient (Wildman–Crippen LogP) is 3.63. The summed E-state index contributed by atoms with van der Waals surface area (Å²) < 4.78 is 16.0. The molecule has 0 spiro atoms. The Kier molecular flexibility index (Phi) is 4.05. The summed E-state index contributed by atoms with van der Waals surface area (Å²) in [6.45, 7) is 2.27. The highest BCUT2D eigenvalue weighted by molar-refractivity contribution is 5.56. The summed E-state index contributed by atoms with van der Waals surface area (Å²) in [5, 5.41) is 3.97. The van der Waals surface area contributed by atoms with Gasteiger partial charge >= 0.3 is 0 Å². The zero-order chi connectivity index (χ0) is 15.4. The maximum Gasteiger partial charge on any atom is 0.264 e. The molecule has 3 aromatic rings. The van der Waals surface area contributed by atoms with Gasteiger partial charge in [0.1, 0.15) is 11.5 Å². The Balaban J connectivity index is 1.69. The molecule has 0 aliphatic carbocycles. The van der Waals surface area contributed by atoms with Gasteiger partial charge in [0.25, 0.3) is 5.89 Å². The molecule has 3 rings (SSSR count). The van der Waals surface area contributed by atoms with Crippen molar-refractivity contribution in [2.45, 2.75) is 13.5 Å². The number of nitrogens with zero attached hydrogens (tertiary/aromatic N) is 2. The fourth-order valence-electron chi connectivity index (χ4n) is 1.97. The molecule has 0 radical (unpaired) electrons. The van der Waals surface area contributed by atoms with Gasteiger partial charge in [-0.1, -0.05) is 35.0 Å². The van der Waals surface area contributed by atoms with Gasteiger partial charge in [-0.25, -0.2) is 0 Å². The lowest BCUT2D eigenvalue weighted by Gasteiger charge is -2.02. The molecule has 0 atom stereocenters. The van der Waals surface area contributed by atoms with Crippen LogP contribution >= 0.6 is 0 Å². The summed E-state index contributed by atoms with van der Waals surface area (Å²) >= 11 is 0. The number of aryl methyl sites for hydroxylation is 1. The molecule has 0 aliphatic rings. The fourth-order valence-corrected chi connectivity index (χ4v) is 1.97. The third-order valence-corrected chi connectivity index (χ3v) is 3.18. The van der Waals surface area contributed by atoms with Gasteiger partial charge in [0.2, 0.25) is 5.82 Å². The van der Waals surface area contributed by atoms with Crippen LogP contribution in [0.25, 0.3) is 11.4 Å². The number of hydrogen-bond acceptors (Lipinski definition) is 5. The van der Waals surface area contributed by atoms with Crippen LogP contribution in [0.2, 0.25) is 0 Å². The quantitative estimate of drug-likeness (QED) is 0.719. The Morgan fingerprint density at radius 3 is 2.64 bits per heavy atom. The lowest BCUT2D eigenvalue weighted by molar-refractivity contribution is 0.243. The van der Waals surface area contributed by atoms with E-state index in [0.717, 1.165) is 17.1 Å². The molecule has 1 heterocycles. The molecule has 0 N–H and O–H groups in total. The van der Waals surface area contributed by atoms with Crippen molar-refractivity contribution in [3.8, 4) is 22.9 Å². The van der Waals surface area contributed by atoms with Crippen LogP contribution in [0, 0.1) is 6.92 Å². The molecule has 112 valence electrons. The second-order valence-corrected chi connectivity index (χ2v) is 4.85. The number of rotatable bonds is 5. The van der Waals surface area contributed by atoms with Gasteiger partial charge in [-0.2, -0.15) is 4.98 Å². The van der Waals surface area contributed by atoms with Crippen LogP contribution in [0.4, 0.5) is 0 Å². The molecule has 0 bridgehead atoms. The van der Waals surface area contributed by atoms with Gasteiger partial charge in [0, 0.05) is 5.56 Å². The second-order valence-electron chi connectivity index (χ2n) is 4.85. The Hall–Kier alpha value is -2.82. The minimum Gasteiger partial charge on any atom is -0.497 e. The fraction of sp³-hybridized carbons (Fsp3) is 0.176. The van der Waals surface area contributed by atoms with Crippen LogP contribution in [0.3, 0.4) is 0 Å². The first-order valence-corrected chi connectivity index (χ1v) is 6.91. The van der Waals surface area contributed by atoms with Crippen LogP contribution in [0.15, 0.2) is 53.1 Å². The van der Waals surface area contributed by atoms with E-state index in [0.29, 0.717) is 11.7 Å². The number of ether oxygens (including phenoxy) is 2. The lowest BCUT2D eigenvalue weighted by atomic mass is 10.2. The van der Waals surface area contributed by atoms with Crippen molar-refractivity contribution in [3.05, 3.63) is 60.0 Å². The summed E-state index contributed by atoms with van der Waals surface area (Å²) in [4.78, 5) is 4.33. The van der Waals surface area contributed by atoms with Crippen molar-refractivity contribution < 1.29 is 14.0 Å². The van der Waals surface area contributed by atoms with Gasteiger partial charge in [-0.05, 0) is 31.2 Å². The number of benzene rings is 2. The summed E-state index contributed by atoms with van der Waals surface area (Å²) in [5.41, 5.74) is 2.02. The highest BCUT2D eigenvalue weighted by Crippen LogP contribution is 2.21. The molecule has 0 amide bonds. The van der Waals surface area contributed by atoms with E-state index in [1.807, 2.05) is 55.5 Å². The zero-order valence-corrected chi connectivity index (χ0v) is 12.4. The Morgan fingerprint density at radius 1 is 1.05 bits per heavy atom. The molecule has 0 saturated carbocycles. The van der Waals surface area contributed by atoms with Crippen LogP contribution in [0.5, 0.6) is 11.5 Å². The van der Waals surface area contributed by atoms with E-state index in [9.17, 15) is 0 Å². The van der Waals surface area contributed by atoms with E-state index in [1.54, 1.807) is 7.11 Å². The van der Waals surface area contributed by atoms with E-state index < -0.39 is 0 Å². The highest BCUT2D eigenvalue weighted by atomic mass is 16.5. The number of aromatic nitrogens is 2. The number of hydrogen-bond donors (Lipinski definition) is 0. The summed E-state index contributed by atoms with van der Waals surface area (Å²) in [5.74, 6) is 2.46. The van der Waals surface area contributed by atoms with E-state index >= 15 is 0 Å². The van der Waals surface area contributed by atoms with E-state index in [1.165, 1.54) is 5.56 Å². The standard InChI is InChI=1S/C17H16N2O3/c1-12-6-8-14(9-7-12)21-11-16-18-17(19-22-16)13-4-3-5-15(10-13)20-2/h3-10H,11H2,1-2H3. The van der Waals surface area contributed by atoms with Crippen LogP contribution in [-0.2, 0) is 6.61 Å². The highest BCUT2D eigenvalue weighted by Gasteiger charge is 2.10. The van der Waals surface area contributed by atoms with Crippen molar-refractivity contribution in [2.75, 3.05) is 7.11 Å². The van der Waals surface area contributed by atoms with Crippen molar-refractivity contribution >= 4 is 0 Å². The monoisotopic (exact) mass is 296 g/mol. The van der Waals surface area contributed by atoms with Gasteiger partial charge < -0.3 is 14.0 Å². The van der Waals surface area contributed by atoms with Crippen LogP contribution in [-0.4, -0.2) is 17.3 Å². The molecular weight excluding hydrogens is 280 g/mol. The average molecular weight is 296 g/mol. The first-order chi connectivity index (χ1) is 10.7. The molecule has 1 aromatic heterocycles. The minimum absolute atomic E-state index is 0.236. The van der Waals surface area contributed by atoms with Crippen LogP contribution in [0.1, 0.15) is 11.5 Å². The van der Waals surface area contributed by atoms with Crippen LogP contribution < -0.4 is 9.47 Å². The SMILES string of the molecule is COc1cccc(-c2noc(COc3ccc(C)cc3)n2)c1. The average Bonchev–Trinajstić information content (AvgIpc) is 3.03. The smallest absolute Gasteiger partial charge is 0.264 e. The molecule has 0 saturated heterocycles. The van der Waals surface area contributed by atoms with E-state index in [4.69, 9.17) is 14.0 Å². The molecule has 5 nitrogen and oxygen atoms in total. The molecule has 2 aromatic carbocycles. The molecular formula is C17H16N2O3. The van der Waals surface area contributed by atoms with Crippen molar-refractivity contribution in [2.24, 2.45) is 0 Å². The normalized spacial score (nSPS) is 10.5.